The van der Waals surface area contributed by atoms with E-state index in [2.05, 4.69) is 10.4 Å². The van der Waals surface area contributed by atoms with Crippen molar-refractivity contribution >= 4 is 17.6 Å². The number of amides is 3. The van der Waals surface area contributed by atoms with Crippen molar-refractivity contribution in [2.45, 2.75) is 6.61 Å². The molecular formula is C21H20N4O4. The number of ether oxygens (including phenoxy) is 2. The maximum absolute atomic E-state index is 12.9. The normalized spacial score (nSPS) is 10.1. The van der Waals surface area contributed by atoms with Gasteiger partial charge in [0.05, 0.1) is 18.4 Å². The Hall–Kier alpha value is -4.07. The summed E-state index contributed by atoms with van der Waals surface area (Å²) in [4.78, 5) is 28.7. The molecule has 0 aliphatic rings. The summed E-state index contributed by atoms with van der Waals surface area (Å²) < 4.78 is 11.0. The van der Waals surface area contributed by atoms with Crippen molar-refractivity contribution in [3.63, 3.8) is 0 Å². The molecule has 0 fully saturated rings. The monoisotopic (exact) mass is 392 g/mol. The number of primary amides is 1. The predicted molar refractivity (Wildman–Crippen MR) is 108 cm³/mol. The van der Waals surface area contributed by atoms with E-state index in [0.717, 1.165) is 10.6 Å². The highest BCUT2D eigenvalue weighted by molar-refractivity contribution is 6.02. The van der Waals surface area contributed by atoms with E-state index >= 15 is 0 Å². The molecule has 0 bridgehead atoms. The minimum absolute atomic E-state index is 0.195. The maximum atomic E-state index is 12.9. The van der Waals surface area contributed by atoms with Gasteiger partial charge in [-0.1, -0.05) is 18.2 Å². The zero-order chi connectivity index (χ0) is 20.6. The standard InChI is InChI=1S/C21H20N4O4/c1-28-17-7-8-19(29-14-15-9-11-23-12-10-15)18(13-17)20(26)24-25(21(22)27)16-5-3-2-4-6-16/h2-13H,14H2,1H3,(H2,22,27)(H,24,26). The third-order valence-electron chi connectivity index (χ3n) is 4.02. The molecule has 0 unspecified atom stereocenters. The second-order valence-electron chi connectivity index (χ2n) is 5.96. The molecule has 0 aliphatic carbocycles. The van der Waals surface area contributed by atoms with Crippen molar-refractivity contribution in [3.05, 3.63) is 84.2 Å². The second kappa shape index (κ2) is 9.23. The topological polar surface area (TPSA) is 107 Å². The van der Waals surface area contributed by atoms with Crippen molar-refractivity contribution in [1.82, 2.24) is 10.4 Å². The van der Waals surface area contributed by atoms with E-state index in [1.54, 1.807) is 54.9 Å². The Bertz CT molecular complexity index is 980. The van der Waals surface area contributed by atoms with Gasteiger partial charge in [0.1, 0.15) is 18.1 Å². The lowest BCUT2D eigenvalue weighted by atomic mass is 10.1. The fourth-order valence-corrected chi connectivity index (χ4v) is 2.57. The predicted octanol–water partition coefficient (Wildman–Crippen LogP) is 2.90. The van der Waals surface area contributed by atoms with Gasteiger partial charge in [-0.05, 0) is 48.0 Å². The summed E-state index contributed by atoms with van der Waals surface area (Å²) in [7, 11) is 1.49. The molecule has 148 valence electrons. The average molecular weight is 392 g/mol. The van der Waals surface area contributed by atoms with Gasteiger partial charge in [-0.25, -0.2) is 9.80 Å². The van der Waals surface area contributed by atoms with Gasteiger partial charge in [-0.3, -0.25) is 15.2 Å². The number of nitrogens with zero attached hydrogens (tertiary/aromatic N) is 2. The number of anilines is 1. The maximum Gasteiger partial charge on any atom is 0.338 e. The highest BCUT2D eigenvalue weighted by atomic mass is 16.5. The first-order valence-corrected chi connectivity index (χ1v) is 8.74. The van der Waals surface area contributed by atoms with Gasteiger partial charge in [0.25, 0.3) is 5.91 Å². The minimum atomic E-state index is -0.827. The molecule has 0 spiro atoms. The summed E-state index contributed by atoms with van der Waals surface area (Å²) in [5, 5.41) is 0.967. The van der Waals surface area contributed by atoms with E-state index < -0.39 is 11.9 Å². The van der Waals surface area contributed by atoms with Crippen LogP contribution in [0.4, 0.5) is 10.5 Å². The number of benzene rings is 2. The molecule has 0 saturated heterocycles. The number of nitrogens with one attached hydrogen (secondary N) is 1. The molecule has 1 aromatic heterocycles. The minimum Gasteiger partial charge on any atom is -0.497 e. The van der Waals surface area contributed by atoms with E-state index in [0.29, 0.717) is 17.2 Å². The summed E-state index contributed by atoms with van der Waals surface area (Å²) in [6.45, 7) is 0.243. The van der Waals surface area contributed by atoms with E-state index in [1.807, 2.05) is 12.1 Å². The van der Waals surface area contributed by atoms with Crippen molar-refractivity contribution in [1.29, 1.82) is 0 Å². The smallest absolute Gasteiger partial charge is 0.338 e. The van der Waals surface area contributed by atoms with Crippen molar-refractivity contribution in [3.8, 4) is 11.5 Å². The summed E-state index contributed by atoms with van der Waals surface area (Å²) in [6, 6.07) is 16.2. The Morgan fingerprint density at radius 1 is 1.07 bits per heavy atom. The number of hydrogen-bond acceptors (Lipinski definition) is 5. The first-order valence-electron chi connectivity index (χ1n) is 8.74. The van der Waals surface area contributed by atoms with Crippen LogP contribution < -0.4 is 25.6 Å². The quantitative estimate of drug-likeness (QED) is 0.627. The van der Waals surface area contributed by atoms with Crippen LogP contribution in [0.5, 0.6) is 11.5 Å². The molecule has 8 heteroatoms. The lowest BCUT2D eigenvalue weighted by Crippen LogP contribution is -2.49. The first-order chi connectivity index (χ1) is 14.1. The number of urea groups is 1. The SMILES string of the molecule is COc1ccc(OCc2ccncc2)c(C(=O)NN(C(N)=O)c2ccccc2)c1. The van der Waals surface area contributed by atoms with Gasteiger partial charge in [-0.15, -0.1) is 0 Å². The van der Waals surface area contributed by atoms with Gasteiger partial charge in [0.2, 0.25) is 0 Å². The molecule has 3 amide bonds. The van der Waals surface area contributed by atoms with Crippen molar-refractivity contribution < 1.29 is 19.1 Å². The molecule has 0 atom stereocenters. The number of aromatic nitrogens is 1. The van der Waals surface area contributed by atoms with Gasteiger partial charge >= 0.3 is 6.03 Å². The number of rotatable bonds is 6. The third-order valence-corrected chi connectivity index (χ3v) is 4.02. The van der Waals surface area contributed by atoms with Crippen LogP contribution in [-0.2, 0) is 6.61 Å². The van der Waals surface area contributed by atoms with E-state index in [4.69, 9.17) is 15.2 Å². The van der Waals surface area contributed by atoms with Crippen LogP contribution in [0.3, 0.4) is 0 Å². The highest BCUT2D eigenvalue weighted by Crippen LogP contribution is 2.25. The van der Waals surface area contributed by atoms with E-state index in [1.165, 1.54) is 13.2 Å². The lowest BCUT2D eigenvalue weighted by Gasteiger charge is -2.22. The summed E-state index contributed by atoms with van der Waals surface area (Å²) in [6.07, 6.45) is 3.32. The van der Waals surface area contributed by atoms with Gasteiger partial charge in [-0.2, -0.15) is 0 Å². The molecule has 0 saturated carbocycles. The molecule has 8 nitrogen and oxygen atoms in total. The Morgan fingerprint density at radius 3 is 2.45 bits per heavy atom. The number of para-hydroxylation sites is 1. The lowest BCUT2D eigenvalue weighted by molar-refractivity contribution is 0.0946. The largest absolute Gasteiger partial charge is 0.497 e. The molecular weight excluding hydrogens is 372 g/mol. The molecule has 29 heavy (non-hydrogen) atoms. The van der Waals surface area contributed by atoms with Crippen LogP contribution in [0.25, 0.3) is 0 Å². The van der Waals surface area contributed by atoms with Crippen LogP contribution in [0.1, 0.15) is 15.9 Å². The van der Waals surface area contributed by atoms with E-state index in [9.17, 15) is 9.59 Å². The van der Waals surface area contributed by atoms with Crippen LogP contribution in [0.2, 0.25) is 0 Å². The van der Waals surface area contributed by atoms with Gasteiger partial charge in [0.15, 0.2) is 0 Å². The number of carbonyl (C=O) groups excluding carboxylic acids is 2. The summed E-state index contributed by atoms with van der Waals surface area (Å²) in [5.74, 6) is 0.227. The Labute approximate surface area is 167 Å². The number of nitrogens with two attached hydrogens (primary N) is 1. The number of hydrogen-bond donors (Lipinski definition) is 2. The first kappa shape index (κ1) is 19.7. The number of carbonyl (C=O) groups is 2. The molecule has 1 heterocycles. The second-order valence-corrected chi connectivity index (χ2v) is 5.96. The number of pyridine rings is 1. The summed E-state index contributed by atoms with van der Waals surface area (Å²) >= 11 is 0. The van der Waals surface area contributed by atoms with Crippen molar-refractivity contribution in [2.75, 3.05) is 12.1 Å². The average Bonchev–Trinajstić information content (AvgIpc) is 2.76. The molecule has 3 aromatic rings. The number of hydrazine groups is 1. The molecule has 0 radical (unpaired) electrons. The Kier molecular flexibility index (Phi) is 6.26. The highest BCUT2D eigenvalue weighted by Gasteiger charge is 2.20. The third kappa shape index (κ3) is 5.01. The molecule has 3 N–H and O–H groups in total. The van der Waals surface area contributed by atoms with Crippen molar-refractivity contribution in [2.24, 2.45) is 5.73 Å². The van der Waals surface area contributed by atoms with E-state index in [-0.39, 0.29) is 12.2 Å². The molecule has 0 aliphatic heterocycles. The summed E-state index contributed by atoms with van der Waals surface area (Å²) in [5.41, 5.74) is 9.46. The van der Waals surface area contributed by atoms with Crippen LogP contribution >= 0.6 is 0 Å². The fraction of sp³-hybridized carbons (Fsp3) is 0.0952. The molecule has 3 rings (SSSR count). The van der Waals surface area contributed by atoms with Crippen LogP contribution in [0.15, 0.2) is 73.1 Å². The Balaban J connectivity index is 1.84. The number of methoxy groups -OCH3 is 1. The van der Waals surface area contributed by atoms with Crippen LogP contribution in [0, 0.1) is 0 Å². The molecule has 2 aromatic carbocycles. The zero-order valence-electron chi connectivity index (χ0n) is 15.7. The fourth-order valence-electron chi connectivity index (χ4n) is 2.57. The van der Waals surface area contributed by atoms with Gasteiger partial charge < -0.3 is 15.2 Å². The zero-order valence-corrected chi connectivity index (χ0v) is 15.7. The Morgan fingerprint density at radius 2 is 1.79 bits per heavy atom. The van der Waals surface area contributed by atoms with Crippen LogP contribution in [-0.4, -0.2) is 24.0 Å². The van der Waals surface area contributed by atoms with Gasteiger partial charge in [0, 0.05) is 12.4 Å².